The van der Waals surface area contributed by atoms with Crippen LogP contribution in [0.25, 0.3) is 0 Å². The maximum atomic E-state index is 12.7. The number of hydrogen-bond acceptors (Lipinski definition) is 5. The number of methoxy groups -OCH3 is 1. The van der Waals surface area contributed by atoms with Crippen molar-refractivity contribution in [1.29, 1.82) is 0 Å². The van der Waals surface area contributed by atoms with E-state index in [0.717, 1.165) is 32.0 Å². The van der Waals surface area contributed by atoms with E-state index in [4.69, 9.17) is 0 Å². The van der Waals surface area contributed by atoms with Gasteiger partial charge in [-0.05, 0) is 24.3 Å². The van der Waals surface area contributed by atoms with E-state index in [1.165, 1.54) is 7.11 Å². The lowest BCUT2D eigenvalue weighted by Crippen LogP contribution is -2.49. The van der Waals surface area contributed by atoms with Crippen molar-refractivity contribution in [1.82, 2.24) is 19.4 Å². The van der Waals surface area contributed by atoms with Gasteiger partial charge in [-0.15, -0.1) is 0 Å². The molecule has 0 radical (unpaired) electrons. The fourth-order valence-corrected chi connectivity index (χ4v) is 3.48. The van der Waals surface area contributed by atoms with Gasteiger partial charge >= 0.3 is 5.97 Å². The number of ether oxygens (including phenoxy) is 1. The molecule has 1 aliphatic heterocycles. The number of benzene rings is 1. The number of piperazine rings is 1. The smallest absolute Gasteiger partial charge is 0.337 e. The largest absolute Gasteiger partial charge is 0.465 e. The lowest BCUT2D eigenvalue weighted by atomic mass is 10.1. The fourth-order valence-electron chi connectivity index (χ4n) is 3.48. The minimum absolute atomic E-state index is 0.00719. The molecule has 0 aliphatic carbocycles. The standard InChI is InChI=1S/C21H28N4O3/c1-16(2)19-22-8-9-24(19)13-10-23-11-14-25(15-12-23)20(26)17-4-6-18(7-5-17)21(27)28-3/h4-9,16H,10-15H2,1-3H3. The molecular weight excluding hydrogens is 356 g/mol. The number of amides is 1. The second-order valence-electron chi connectivity index (χ2n) is 7.34. The molecule has 3 rings (SSSR count). The van der Waals surface area contributed by atoms with E-state index in [1.807, 2.05) is 17.3 Å². The third-order valence-corrected chi connectivity index (χ3v) is 5.13. The number of nitrogens with zero attached hydrogens (tertiary/aromatic N) is 4. The van der Waals surface area contributed by atoms with E-state index in [1.54, 1.807) is 24.3 Å². The van der Waals surface area contributed by atoms with E-state index < -0.39 is 5.97 Å². The highest BCUT2D eigenvalue weighted by molar-refractivity contribution is 5.96. The Morgan fingerprint density at radius 1 is 1.04 bits per heavy atom. The Morgan fingerprint density at radius 3 is 2.29 bits per heavy atom. The molecule has 0 N–H and O–H groups in total. The predicted octanol–water partition coefficient (Wildman–Crippen LogP) is 2.25. The van der Waals surface area contributed by atoms with Gasteiger partial charge in [-0.2, -0.15) is 0 Å². The average Bonchev–Trinajstić information content (AvgIpc) is 3.20. The van der Waals surface area contributed by atoms with Gasteiger partial charge in [-0.1, -0.05) is 13.8 Å². The van der Waals surface area contributed by atoms with E-state index in [0.29, 0.717) is 30.1 Å². The average molecular weight is 384 g/mol. The van der Waals surface area contributed by atoms with Crippen molar-refractivity contribution < 1.29 is 14.3 Å². The first-order valence-corrected chi connectivity index (χ1v) is 9.70. The molecule has 2 heterocycles. The van der Waals surface area contributed by atoms with Gasteiger partial charge in [-0.25, -0.2) is 9.78 Å². The van der Waals surface area contributed by atoms with Crippen LogP contribution in [0, 0.1) is 0 Å². The van der Waals surface area contributed by atoms with E-state index in [-0.39, 0.29) is 5.91 Å². The van der Waals surface area contributed by atoms with Crippen molar-refractivity contribution in [3.8, 4) is 0 Å². The van der Waals surface area contributed by atoms with Crippen molar-refractivity contribution in [3.05, 3.63) is 53.6 Å². The number of imidazole rings is 1. The van der Waals surface area contributed by atoms with Crippen LogP contribution in [-0.2, 0) is 11.3 Å². The van der Waals surface area contributed by atoms with Crippen LogP contribution >= 0.6 is 0 Å². The molecule has 0 saturated carbocycles. The van der Waals surface area contributed by atoms with E-state index in [2.05, 4.69) is 33.0 Å². The van der Waals surface area contributed by atoms with Crippen LogP contribution in [0.2, 0.25) is 0 Å². The molecule has 1 aromatic heterocycles. The van der Waals surface area contributed by atoms with Crippen molar-refractivity contribution in [3.63, 3.8) is 0 Å². The molecule has 0 spiro atoms. The van der Waals surface area contributed by atoms with Crippen LogP contribution in [0.15, 0.2) is 36.7 Å². The molecular formula is C21H28N4O3. The Kier molecular flexibility index (Phi) is 6.46. The van der Waals surface area contributed by atoms with Gasteiger partial charge in [-0.3, -0.25) is 9.69 Å². The lowest BCUT2D eigenvalue weighted by Gasteiger charge is -2.35. The Hall–Kier alpha value is -2.67. The number of rotatable bonds is 6. The number of carbonyl (C=O) groups excluding carboxylic acids is 2. The SMILES string of the molecule is COC(=O)c1ccc(C(=O)N2CCN(CCn3ccnc3C(C)C)CC2)cc1. The highest BCUT2D eigenvalue weighted by Crippen LogP contribution is 2.13. The maximum Gasteiger partial charge on any atom is 0.337 e. The predicted molar refractivity (Wildman–Crippen MR) is 106 cm³/mol. The summed E-state index contributed by atoms with van der Waals surface area (Å²) in [4.78, 5) is 32.9. The second kappa shape index (κ2) is 9.01. The summed E-state index contributed by atoms with van der Waals surface area (Å²) >= 11 is 0. The molecule has 0 bridgehead atoms. The second-order valence-corrected chi connectivity index (χ2v) is 7.34. The van der Waals surface area contributed by atoms with Crippen molar-refractivity contribution in [2.24, 2.45) is 0 Å². The molecule has 1 amide bonds. The van der Waals surface area contributed by atoms with Gasteiger partial charge in [0.2, 0.25) is 0 Å². The minimum Gasteiger partial charge on any atom is -0.465 e. The van der Waals surface area contributed by atoms with Crippen molar-refractivity contribution >= 4 is 11.9 Å². The summed E-state index contributed by atoms with van der Waals surface area (Å²) in [5.74, 6) is 1.14. The molecule has 1 fully saturated rings. The molecule has 0 atom stereocenters. The quantitative estimate of drug-likeness (QED) is 0.715. The number of esters is 1. The first-order valence-electron chi connectivity index (χ1n) is 9.70. The first-order chi connectivity index (χ1) is 13.5. The number of carbonyl (C=O) groups is 2. The molecule has 1 aromatic carbocycles. The van der Waals surface area contributed by atoms with Crippen LogP contribution in [0.5, 0.6) is 0 Å². The van der Waals surface area contributed by atoms with Gasteiger partial charge < -0.3 is 14.2 Å². The van der Waals surface area contributed by atoms with E-state index in [9.17, 15) is 9.59 Å². The topological polar surface area (TPSA) is 67.7 Å². The van der Waals surface area contributed by atoms with Crippen molar-refractivity contribution in [2.45, 2.75) is 26.3 Å². The molecule has 1 saturated heterocycles. The van der Waals surface area contributed by atoms with Crippen LogP contribution < -0.4 is 0 Å². The highest BCUT2D eigenvalue weighted by atomic mass is 16.5. The summed E-state index contributed by atoms with van der Waals surface area (Å²) in [5.41, 5.74) is 1.05. The Balaban J connectivity index is 1.50. The van der Waals surface area contributed by atoms with Crippen molar-refractivity contribution in [2.75, 3.05) is 39.8 Å². The molecule has 0 unspecified atom stereocenters. The molecule has 1 aliphatic rings. The van der Waals surface area contributed by atoms with Crippen LogP contribution in [-0.4, -0.2) is 71.1 Å². The zero-order chi connectivity index (χ0) is 20.1. The van der Waals surface area contributed by atoms with E-state index >= 15 is 0 Å². The molecule has 2 aromatic rings. The maximum absolute atomic E-state index is 12.7. The van der Waals surface area contributed by atoms with Gasteiger partial charge in [0.25, 0.3) is 5.91 Å². The zero-order valence-corrected chi connectivity index (χ0v) is 16.8. The normalized spacial score (nSPS) is 15.1. The van der Waals surface area contributed by atoms with Crippen LogP contribution in [0.1, 0.15) is 46.3 Å². The summed E-state index contributed by atoms with van der Waals surface area (Å²) in [7, 11) is 1.34. The van der Waals surface area contributed by atoms with Gasteiger partial charge in [0.05, 0.1) is 12.7 Å². The zero-order valence-electron chi connectivity index (χ0n) is 16.8. The molecule has 7 nitrogen and oxygen atoms in total. The minimum atomic E-state index is -0.397. The Morgan fingerprint density at radius 2 is 1.68 bits per heavy atom. The fraction of sp³-hybridized carbons (Fsp3) is 0.476. The first kappa shape index (κ1) is 20.1. The molecule has 28 heavy (non-hydrogen) atoms. The monoisotopic (exact) mass is 384 g/mol. The van der Waals surface area contributed by atoms with Gasteiger partial charge in [0, 0.05) is 63.1 Å². The number of hydrogen-bond donors (Lipinski definition) is 0. The highest BCUT2D eigenvalue weighted by Gasteiger charge is 2.22. The van der Waals surface area contributed by atoms with Crippen LogP contribution in [0.4, 0.5) is 0 Å². The summed E-state index contributed by atoms with van der Waals surface area (Å²) < 4.78 is 6.90. The van der Waals surface area contributed by atoms with Gasteiger partial charge in [0.15, 0.2) is 0 Å². The molecule has 7 heteroatoms. The third-order valence-electron chi connectivity index (χ3n) is 5.13. The Labute approximate surface area is 165 Å². The Bertz CT molecular complexity index is 805. The summed E-state index contributed by atoms with van der Waals surface area (Å²) in [6.07, 6.45) is 3.89. The lowest BCUT2D eigenvalue weighted by molar-refractivity contribution is 0.0596. The number of aromatic nitrogens is 2. The third kappa shape index (κ3) is 4.59. The molecule has 150 valence electrons. The summed E-state index contributed by atoms with van der Waals surface area (Å²) in [5, 5.41) is 0. The summed E-state index contributed by atoms with van der Waals surface area (Å²) in [6.45, 7) is 9.30. The van der Waals surface area contributed by atoms with Crippen LogP contribution in [0.3, 0.4) is 0 Å². The van der Waals surface area contributed by atoms with Gasteiger partial charge in [0.1, 0.15) is 5.82 Å². The summed E-state index contributed by atoms with van der Waals surface area (Å²) in [6, 6.07) is 6.64.